The molecule has 6 N–H and O–H groups in total. The molecule has 0 bridgehead atoms. The summed E-state index contributed by atoms with van der Waals surface area (Å²) in [4.78, 5) is 53.9. The quantitative estimate of drug-likeness (QED) is 0.382. The molecule has 1 aromatic heterocycles. The number of hydrogen-bond acceptors (Lipinski definition) is 10. The molecule has 1 rings (SSSR count). The van der Waals surface area contributed by atoms with Gasteiger partial charge in [0, 0.05) is 0 Å². The molecule has 0 fully saturated rings. The highest BCUT2D eigenvalue weighted by Gasteiger charge is 2.21. The lowest BCUT2D eigenvalue weighted by molar-refractivity contribution is -0.142. The molecule has 0 saturated carbocycles. The van der Waals surface area contributed by atoms with Crippen molar-refractivity contribution in [3.63, 3.8) is 0 Å². The molecular formula is C14H20N6O6. The minimum Gasteiger partial charge on any atom is -0.465 e. The van der Waals surface area contributed by atoms with Gasteiger partial charge < -0.3 is 31.6 Å². The van der Waals surface area contributed by atoms with Crippen molar-refractivity contribution in [2.45, 2.75) is 13.8 Å². The first-order chi connectivity index (χ1) is 12.3. The van der Waals surface area contributed by atoms with E-state index in [4.69, 9.17) is 11.5 Å². The Balaban J connectivity index is 2.80. The van der Waals surface area contributed by atoms with Crippen LogP contribution in [0.2, 0.25) is 0 Å². The number of nitrogens with two attached hydrogens (primary N) is 2. The third-order valence-electron chi connectivity index (χ3n) is 2.78. The fourth-order valence-electron chi connectivity index (χ4n) is 1.69. The van der Waals surface area contributed by atoms with Crippen molar-refractivity contribution in [1.82, 2.24) is 20.6 Å². The van der Waals surface area contributed by atoms with Gasteiger partial charge in [0.25, 0.3) is 11.8 Å². The van der Waals surface area contributed by atoms with Crippen LogP contribution in [0, 0.1) is 0 Å². The van der Waals surface area contributed by atoms with E-state index in [-0.39, 0.29) is 36.2 Å². The molecule has 0 aliphatic rings. The lowest BCUT2D eigenvalue weighted by Gasteiger charge is -2.10. The number of ether oxygens (including phenoxy) is 2. The van der Waals surface area contributed by atoms with Crippen molar-refractivity contribution in [3.05, 3.63) is 11.4 Å². The van der Waals surface area contributed by atoms with Crippen molar-refractivity contribution < 1.29 is 28.7 Å². The zero-order valence-corrected chi connectivity index (χ0v) is 14.3. The average molecular weight is 368 g/mol. The van der Waals surface area contributed by atoms with Gasteiger partial charge in [0.1, 0.15) is 13.1 Å². The number of nitrogens with zero attached hydrogens (tertiary/aromatic N) is 2. The van der Waals surface area contributed by atoms with Crippen LogP contribution in [0.3, 0.4) is 0 Å². The number of carbonyl (C=O) groups is 4. The molecule has 26 heavy (non-hydrogen) atoms. The summed E-state index contributed by atoms with van der Waals surface area (Å²) >= 11 is 0. The van der Waals surface area contributed by atoms with E-state index >= 15 is 0 Å². The minimum atomic E-state index is -0.812. The first-order valence-electron chi connectivity index (χ1n) is 7.60. The summed E-state index contributed by atoms with van der Waals surface area (Å²) in [6, 6.07) is 0. The highest BCUT2D eigenvalue weighted by atomic mass is 16.5. The van der Waals surface area contributed by atoms with Gasteiger partial charge in [0.15, 0.2) is 23.0 Å². The maximum Gasteiger partial charge on any atom is 0.325 e. The average Bonchev–Trinajstić information content (AvgIpc) is 2.59. The molecule has 0 atom stereocenters. The Morgan fingerprint density at radius 1 is 0.808 bits per heavy atom. The number of nitrogens with one attached hydrogen (secondary N) is 2. The number of carbonyl (C=O) groups excluding carboxylic acids is 4. The van der Waals surface area contributed by atoms with E-state index in [0.717, 1.165) is 0 Å². The third-order valence-corrected chi connectivity index (χ3v) is 2.78. The Kier molecular flexibility index (Phi) is 7.73. The Morgan fingerprint density at radius 2 is 1.15 bits per heavy atom. The summed E-state index contributed by atoms with van der Waals surface area (Å²) in [7, 11) is 0. The van der Waals surface area contributed by atoms with Crippen molar-refractivity contribution in [2.24, 2.45) is 0 Å². The zero-order valence-electron chi connectivity index (χ0n) is 14.3. The first-order valence-corrected chi connectivity index (χ1v) is 7.60. The Hall–Kier alpha value is -3.44. The fourth-order valence-corrected chi connectivity index (χ4v) is 1.69. The summed E-state index contributed by atoms with van der Waals surface area (Å²) < 4.78 is 9.32. The van der Waals surface area contributed by atoms with Crippen molar-refractivity contribution in [2.75, 3.05) is 37.8 Å². The smallest absolute Gasteiger partial charge is 0.325 e. The predicted molar refractivity (Wildman–Crippen MR) is 88.8 cm³/mol. The molecule has 0 spiro atoms. The summed E-state index contributed by atoms with van der Waals surface area (Å²) in [6.07, 6.45) is 0. The van der Waals surface area contributed by atoms with Crippen LogP contribution in [0.5, 0.6) is 0 Å². The molecule has 2 amide bonds. The Morgan fingerprint density at radius 3 is 1.46 bits per heavy atom. The van der Waals surface area contributed by atoms with E-state index in [2.05, 4.69) is 30.1 Å². The van der Waals surface area contributed by atoms with Crippen molar-refractivity contribution in [1.29, 1.82) is 0 Å². The molecule has 1 heterocycles. The number of anilines is 2. The second-order valence-electron chi connectivity index (χ2n) is 4.67. The number of nitrogen functional groups attached to an aromatic ring is 2. The molecule has 1 aromatic rings. The number of amides is 2. The van der Waals surface area contributed by atoms with Crippen LogP contribution in [0.4, 0.5) is 11.6 Å². The maximum absolute atomic E-state index is 12.0. The van der Waals surface area contributed by atoms with Crippen LogP contribution in [0.1, 0.15) is 34.8 Å². The topological polar surface area (TPSA) is 189 Å². The highest BCUT2D eigenvalue weighted by Crippen LogP contribution is 2.13. The van der Waals surface area contributed by atoms with Crippen LogP contribution in [0.25, 0.3) is 0 Å². The van der Waals surface area contributed by atoms with Crippen molar-refractivity contribution >= 4 is 35.4 Å². The monoisotopic (exact) mass is 368 g/mol. The van der Waals surface area contributed by atoms with E-state index in [0.29, 0.717) is 0 Å². The van der Waals surface area contributed by atoms with E-state index in [1.54, 1.807) is 13.8 Å². The Bertz CT molecular complexity index is 648. The summed E-state index contributed by atoms with van der Waals surface area (Å²) in [5.41, 5.74) is 10.5. The van der Waals surface area contributed by atoms with Crippen LogP contribution in [0.15, 0.2) is 0 Å². The highest BCUT2D eigenvalue weighted by molar-refractivity contribution is 6.02. The third kappa shape index (κ3) is 5.89. The van der Waals surface area contributed by atoms with E-state index in [1.165, 1.54) is 0 Å². The molecule has 0 unspecified atom stereocenters. The molecule has 12 nitrogen and oxygen atoms in total. The fraction of sp³-hybridized carbons (Fsp3) is 0.429. The summed E-state index contributed by atoms with van der Waals surface area (Å²) in [5.74, 6) is -3.66. The summed E-state index contributed by atoms with van der Waals surface area (Å²) in [6.45, 7) is 2.79. The molecule has 0 aliphatic carbocycles. The minimum absolute atomic E-state index is 0.166. The van der Waals surface area contributed by atoms with Crippen LogP contribution >= 0.6 is 0 Å². The normalized spacial score (nSPS) is 9.92. The van der Waals surface area contributed by atoms with Crippen LogP contribution < -0.4 is 22.1 Å². The predicted octanol–water partition coefficient (Wildman–Crippen LogP) is -1.77. The maximum atomic E-state index is 12.0. The number of esters is 2. The molecule has 0 aliphatic heterocycles. The molecule has 12 heteroatoms. The second kappa shape index (κ2) is 9.76. The largest absolute Gasteiger partial charge is 0.465 e. The zero-order chi connectivity index (χ0) is 19.7. The second-order valence-corrected chi connectivity index (χ2v) is 4.67. The van der Waals surface area contributed by atoms with E-state index < -0.39 is 36.8 Å². The lowest BCUT2D eigenvalue weighted by atomic mass is 10.3. The molecule has 142 valence electrons. The van der Waals surface area contributed by atoms with Gasteiger partial charge in [-0.05, 0) is 13.8 Å². The van der Waals surface area contributed by atoms with Gasteiger partial charge in [0.2, 0.25) is 0 Å². The first kappa shape index (κ1) is 20.6. The van der Waals surface area contributed by atoms with Gasteiger partial charge in [-0.3, -0.25) is 19.2 Å². The van der Waals surface area contributed by atoms with Crippen LogP contribution in [-0.2, 0) is 19.1 Å². The van der Waals surface area contributed by atoms with Gasteiger partial charge in [0.05, 0.1) is 13.2 Å². The molecule has 0 saturated heterocycles. The standard InChI is InChI=1S/C14H20N6O6/c1-3-25-7(21)5-17-13(23)9-11(15)20-10(12(16)19-9)14(24)18-6-8(22)26-4-2/h3-6H2,1-2H3,(H2,16,19)(H2,15,20)(H,17,23)(H,18,24). The summed E-state index contributed by atoms with van der Waals surface area (Å²) in [5, 5.41) is 4.48. The van der Waals surface area contributed by atoms with Gasteiger partial charge >= 0.3 is 11.9 Å². The van der Waals surface area contributed by atoms with Crippen LogP contribution in [-0.4, -0.2) is 60.0 Å². The van der Waals surface area contributed by atoms with Gasteiger partial charge in [-0.15, -0.1) is 0 Å². The Labute approximate surface area is 148 Å². The van der Waals surface area contributed by atoms with E-state index in [9.17, 15) is 19.2 Å². The molecule has 0 radical (unpaired) electrons. The van der Waals surface area contributed by atoms with Gasteiger partial charge in [-0.25, -0.2) is 9.97 Å². The van der Waals surface area contributed by atoms with Gasteiger partial charge in [-0.1, -0.05) is 0 Å². The number of aromatic nitrogens is 2. The van der Waals surface area contributed by atoms with Gasteiger partial charge in [-0.2, -0.15) is 0 Å². The number of rotatable bonds is 8. The van der Waals surface area contributed by atoms with E-state index in [1.807, 2.05) is 0 Å². The van der Waals surface area contributed by atoms with Crippen molar-refractivity contribution in [3.8, 4) is 0 Å². The number of hydrogen-bond donors (Lipinski definition) is 4. The molecule has 0 aromatic carbocycles. The molecular weight excluding hydrogens is 348 g/mol. The lowest BCUT2D eigenvalue weighted by Crippen LogP contribution is -2.34. The SMILES string of the molecule is CCOC(=O)CNC(=O)c1nc(N)c(C(=O)NCC(=O)OCC)nc1N.